The zero-order valence-electron chi connectivity index (χ0n) is 8.52. The Bertz CT molecular complexity index is 447. The number of hydrogen-bond acceptors (Lipinski definition) is 2. The molecule has 1 aliphatic heterocycles. The van der Waals surface area contributed by atoms with Crippen molar-refractivity contribution < 1.29 is 4.42 Å². The molecular weight excluding hydrogens is 186 g/mol. The molecule has 0 fully saturated rings. The summed E-state index contributed by atoms with van der Waals surface area (Å²) in [5.41, 5.74) is 2.89. The van der Waals surface area contributed by atoms with Crippen LogP contribution in [0.4, 0.5) is 5.88 Å². The topological polar surface area (TPSA) is 16.4 Å². The Morgan fingerprint density at radius 2 is 1.87 bits per heavy atom. The maximum atomic E-state index is 5.41. The molecule has 2 heterocycles. The summed E-state index contributed by atoms with van der Waals surface area (Å²) in [7, 11) is 0. The van der Waals surface area contributed by atoms with Gasteiger partial charge in [-0.05, 0) is 23.6 Å². The molecule has 2 nitrogen and oxygen atoms in total. The first-order valence-corrected chi connectivity index (χ1v) is 5.29. The molecule has 0 saturated carbocycles. The van der Waals surface area contributed by atoms with Crippen molar-refractivity contribution in [1.82, 2.24) is 0 Å². The summed E-state index contributed by atoms with van der Waals surface area (Å²) < 4.78 is 5.41. The molecule has 0 atom stereocenters. The molecule has 1 aromatic heterocycles. The predicted octanol–water partition coefficient (Wildman–Crippen LogP) is 2.84. The number of hydrogen-bond donors (Lipinski definition) is 0. The van der Waals surface area contributed by atoms with E-state index in [1.54, 1.807) is 6.26 Å². The third kappa shape index (κ3) is 1.52. The molecule has 0 unspecified atom stereocenters. The third-order valence-corrected chi connectivity index (χ3v) is 2.95. The summed E-state index contributed by atoms with van der Waals surface area (Å²) in [6, 6.07) is 12.6. The largest absolute Gasteiger partial charge is 0.449 e. The minimum atomic E-state index is 0.962. The number of anilines is 1. The zero-order chi connectivity index (χ0) is 10.1. The number of nitrogens with zero attached hydrogens (tertiary/aromatic N) is 1. The van der Waals surface area contributed by atoms with E-state index in [2.05, 4.69) is 29.2 Å². The number of fused-ring (bicyclic) bond motifs is 1. The van der Waals surface area contributed by atoms with Gasteiger partial charge < -0.3 is 9.32 Å². The van der Waals surface area contributed by atoms with Gasteiger partial charge in [0.05, 0.1) is 6.26 Å². The van der Waals surface area contributed by atoms with E-state index in [1.165, 1.54) is 11.1 Å². The van der Waals surface area contributed by atoms with Crippen molar-refractivity contribution in [1.29, 1.82) is 0 Å². The van der Waals surface area contributed by atoms with Crippen molar-refractivity contribution in [3.63, 3.8) is 0 Å². The summed E-state index contributed by atoms with van der Waals surface area (Å²) >= 11 is 0. The molecule has 2 heteroatoms. The lowest BCUT2D eigenvalue weighted by atomic mass is 10.0. The van der Waals surface area contributed by atoms with Gasteiger partial charge in [0, 0.05) is 19.2 Å². The summed E-state index contributed by atoms with van der Waals surface area (Å²) in [5.74, 6) is 0.976. The third-order valence-electron chi connectivity index (χ3n) is 2.95. The standard InChI is InChI=1S/C13H13NO/c1-2-5-12-10-14(8-7-11(12)4-1)13-6-3-9-15-13/h1-6,9H,7-8,10H2. The van der Waals surface area contributed by atoms with E-state index in [-0.39, 0.29) is 0 Å². The molecule has 0 bridgehead atoms. The molecule has 3 rings (SSSR count). The van der Waals surface area contributed by atoms with Gasteiger partial charge in [-0.15, -0.1) is 0 Å². The second kappa shape index (κ2) is 3.46. The number of furan rings is 1. The fraction of sp³-hybridized carbons (Fsp3) is 0.231. The highest BCUT2D eigenvalue weighted by Crippen LogP contribution is 2.24. The van der Waals surface area contributed by atoms with E-state index in [0.29, 0.717) is 0 Å². The minimum Gasteiger partial charge on any atom is -0.449 e. The van der Waals surface area contributed by atoms with Gasteiger partial charge in [-0.25, -0.2) is 0 Å². The van der Waals surface area contributed by atoms with Crippen molar-refractivity contribution in [2.24, 2.45) is 0 Å². The van der Waals surface area contributed by atoms with E-state index < -0.39 is 0 Å². The maximum Gasteiger partial charge on any atom is 0.195 e. The van der Waals surface area contributed by atoms with Gasteiger partial charge in [0.15, 0.2) is 5.88 Å². The number of benzene rings is 1. The average Bonchev–Trinajstić information content (AvgIpc) is 2.82. The Morgan fingerprint density at radius 1 is 1.00 bits per heavy atom. The van der Waals surface area contributed by atoms with Crippen LogP contribution in [-0.4, -0.2) is 6.54 Å². The van der Waals surface area contributed by atoms with Gasteiger partial charge in [-0.1, -0.05) is 24.3 Å². The Balaban J connectivity index is 1.89. The molecule has 0 saturated heterocycles. The smallest absolute Gasteiger partial charge is 0.195 e. The van der Waals surface area contributed by atoms with Gasteiger partial charge in [0.1, 0.15) is 0 Å². The van der Waals surface area contributed by atoms with Crippen LogP contribution in [-0.2, 0) is 13.0 Å². The van der Waals surface area contributed by atoms with E-state index in [1.807, 2.05) is 12.1 Å². The fourth-order valence-corrected chi connectivity index (χ4v) is 2.13. The van der Waals surface area contributed by atoms with Gasteiger partial charge >= 0.3 is 0 Å². The molecular formula is C13H13NO. The lowest BCUT2D eigenvalue weighted by Crippen LogP contribution is -2.29. The van der Waals surface area contributed by atoms with Crippen molar-refractivity contribution in [2.45, 2.75) is 13.0 Å². The summed E-state index contributed by atoms with van der Waals surface area (Å²) in [6.07, 6.45) is 2.84. The summed E-state index contributed by atoms with van der Waals surface area (Å²) in [4.78, 5) is 2.28. The molecule has 0 aliphatic carbocycles. The average molecular weight is 199 g/mol. The van der Waals surface area contributed by atoms with Crippen LogP contribution in [0, 0.1) is 0 Å². The highest BCUT2D eigenvalue weighted by molar-refractivity contribution is 5.41. The van der Waals surface area contributed by atoms with Crippen molar-refractivity contribution in [3.05, 3.63) is 53.8 Å². The van der Waals surface area contributed by atoms with Crippen molar-refractivity contribution >= 4 is 5.88 Å². The Morgan fingerprint density at radius 3 is 2.67 bits per heavy atom. The second-order valence-corrected chi connectivity index (χ2v) is 3.89. The molecule has 1 aliphatic rings. The Labute approximate surface area is 89.1 Å². The SMILES string of the molecule is c1coc(N2CCc3ccccc3C2)c1. The van der Waals surface area contributed by atoms with Crippen LogP contribution in [0.2, 0.25) is 0 Å². The van der Waals surface area contributed by atoms with Crippen molar-refractivity contribution in [2.75, 3.05) is 11.4 Å². The molecule has 2 aromatic rings. The summed E-state index contributed by atoms with van der Waals surface area (Å²) in [6.45, 7) is 2.01. The monoisotopic (exact) mass is 199 g/mol. The van der Waals surface area contributed by atoms with Crippen molar-refractivity contribution in [3.8, 4) is 0 Å². The van der Waals surface area contributed by atoms with E-state index in [4.69, 9.17) is 4.42 Å². The Kier molecular flexibility index (Phi) is 1.98. The van der Waals surface area contributed by atoms with Crippen LogP contribution in [0.5, 0.6) is 0 Å². The molecule has 0 spiro atoms. The van der Waals surface area contributed by atoms with E-state index >= 15 is 0 Å². The molecule has 15 heavy (non-hydrogen) atoms. The highest BCUT2D eigenvalue weighted by atomic mass is 16.3. The van der Waals surface area contributed by atoms with Crippen LogP contribution < -0.4 is 4.90 Å². The first kappa shape index (κ1) is 8.60. The first-order chi connectivity index (χ1) is 7.43. The molecule has 0 N–H and O–H groups in total. The van der Waals surface area contributed by atoms with Crippen LogP contribution in [0.1, 0.15) is 11.1 Å². The number of rotatable bonds is 1. The van der Waals surface area contributed by atoms with E-state index in [0.717, 1.165) is 25.4 Å². The van der Waals surface area contributed by atoms with Crippen LogP contribution in [0.25, 0.3) is 0 Å². The van der Waals surface area contributed by atoms with E-state index in [9.17, 15) is 0 Å². The quantitative estimate of drug-likeness (QED) is 0.702. The lowest BCUT2D eigenvalue weighted by Gasteiger charge is -2.28. The lowest BCUT2D eigenvalue weighted by molar-refractivity contribution is 0.534. The maximum absolute atomic E-state index is 5.41. The van der Waals surface area contributed by atoms with Crippen LogP contribution in [0.15, 0.2) is 47.1 Å². The van der Waals surface area contributed by atoms with Gasteiger partial charge in [0.25, 0.3) is 0 Å². The minimum absolute atomic E-state index is 0.962. The van der Waals surface area contributed by atoms with Gasteiger partial charge in [-0.2, -0.15) is 0 Å². The second-order valence-electron chi connectivity index (χ2n) is 3.89. The van der Waals surface area contributed by atoms with Gasteiger partial charge in [0.2, 0.25) is 0 Å². The predicted molar refractivity (Wildman–Crippen MR) is 59.9 cm³/mol. The van der Waals surface area contributed by atoms with Gasteiger partial charge in [-0.3, -0.25) is 0 Å². The summed E-state index contributed by atoms with van der Waals surface area (Å²) in [5, 5.41) is 0. The zero-order valence-corrected chi connectivity index (χ0v) is 8.52. The molecule has 1 aromatic carbocycles. The molecule has 76 valence electrons. The molecule has 0 radical (unpaired) electrons. The highest BCUT2D eigenvalue weighted by Gasteiger charge is 2.17. The molecule has 0 amide bonds. The fourth-order valence-electron chi connectivity index (χ4n) is 2.13. The van der Waals surface area contributed by atoms with Crippen LogP contribution >= 0.6 is 0 Å². The Hall–Kier alpha value is -1.70. The van der Waals surface area contributed by atoms with Crippen LogP contribution in [0.3, 0.4) is 0 Å². The first-order valence-electron chi connectivity index (χ1n) is 5.29. The normalized spacial score (nSPS) is 15.1.